The molecule has 6 heteroatoms. The topological polar surface area (TPSA) is 51.8 Å². The molecule has 0 unspecified atom stereocenters. The van der Waals surface area contributed by atoms with Gasteiger partial charge in [-0.15, -0.1) is 11.3 Å². The zero-order chi connectivity index (χ0) is 14.6. The molecule has 0 atom stereocenters. The van der Waals surface area contributed by atoms with E-state index in [4.69, 9.17) is 17.3 Å². The fourth-order valence-corrected chi connectivity index (χ4v) is 4.26. The molecule has 0 aliphatic heterocycles. The first-order chi connectivity index (χ1) is 10.1. The van der Waals surface area contributed by atoms with Crippen LogP contribution in [0.1, 0.15) is 16.9 Å². The van der Waals surface area contributed by atoms with Gasteiger partial charge in [-0.2, -0.15) is 0 Å². The summed E-state index contributed by atoms with van der Waals surface area (Å²) < 4.78 is 14.1. The predicted octanol–water partition coefficient (Wildman–Crippen LogP) is 4.22. The molecule has 0 fully saturated rings. The molecule has 2 N–H and O–H groups in total. The SMILES string of the molecule is Nc1nc(-c2cccc(Cl)c2F)nc2sc3c(c12)CCC3. The van der Waals surface area contributed by atoms with Crippen LogP contribution in [0.5, 0.6) is 0 Å². The summed E-state index contributed by atoms with van der Waals surface area (Å²) in [5.41, 5.74) is 7.65. The minimum atomic E-state index is -0.512. The van der Waals surface area contributed by atoms with Crippen molar-refractivity contribution in [3.8, 4) is 11.4 Å². The molecule has 2 aromatic heterocycles. The number of aryl methyl sites for hydroxylation is 2. The standard InChI is InChI=1S/C15H11ClFN3S/c16-9-5-1-4-8(12(9)17)14-19-13(18)11-7-3-2-6-10(7)21-15(11)20-14/h1,4-5H,2-3,6H2,(H2,18,19,20). The molecule has 0 amide bonds. The number of nitrogen functional groups attached to an aromatic ring is 1. The maximum atomic E-state index is 14.1. The van der Waals surface area contributed by atoms with Gasteiger partial charge in [0.25, 0.3) is 0 Å². The molecule has 1 aliphatic carbocycles. The van der Waals surface area contributed by atoms with E-state index >= 15 is 0 Å². The van der Waals surface area contributed by atoms with Crippen LogP contribution in [0.2, 0.25) is 5.02 Å². The predicted molar refractivity (Wildman–Crippen MR) is 84.3 cm³/mol. The van der Waals surface area contributed by atoms with E-state index in [0.29, 0.717) is 11.6 Å². The van der Waals surface area contributed by atoms with Crippen LogP contribution in [0, 0.1) is 5.82 Å². The number of anilines is 1. The Morgan fingerprint density at radius 2 is 2.10 bits per heavy atom. The Bertz CT molecular complexity index is 875. The van der Waals surface area contributed by atoms with Crippen LogP contribution < -0.4 is 5.73 Å². The number of fused-ring (bicyclic) bond motifs is 3. The fraction of sp³-hybridized carbons (Fsp3) is 0.200. The van der Waals surface area contributed by atoms with Gasteiger partial charge in [-0.05, 0) is 37.0 Å². The number of aromatic nitrogens is 2. The van der Waals surface area contributed by atoms with Gasteiger partial charge in [-0.25, -0.2) is 14.4 Å². The molecular formula is C15H11ClFN3S. The lowest BCUT2D eigenvalue weighted by Gasteiger charge is -2.05. The van der Waals surface area contributed by atoms with E-state index in [9.17, 15) is 4.39 Å². The van der Waals surface area contributed by atoms with Gasteiger partial charge in [0.2, 0.25) is 0 Å². The lowest BCUT2D eigenvalue weighted by atomic mass is 10.1. The molecule has 2 heterocycles. The molecule has 0 saturated heterocycles. The number of hydrogen-bond acceptors (Lipinski definition) is 4. The molecule has 0 bridgehead atoms. The summed E-state index contributed by atoms with van der Waals surface area (Å²) in [5.74, 6) is 0.204. The number of benzene rings is 1. The van der Waals surface area contributed by atoms with E-state index in [1.807, 2.05) is 0 Å². The van der Waals surface area contributed by atoms with Gasteiger partial charge >= 0.3 is 0 Å². The van der Waals surface area contributed by atoms with E-state index in [-0.39, 0.29) is 10.6 Å². The van der Waals surface area contributed by atoms with Crippen molar-refractivity contribution in [1.82, 2.24) is 9.97 Å². The molecule has 4 rings (SSSR count). The van der Waals surface area contributed by atoms with Crippen molar-refractivity contribution in [1.29, 1.82) is 0 Å². The second-order valence-electron chi connectivity index (χ2n) is 5.07. The van der Waals surface area contributed by atoms with Gasteiger partial charge in [0, 0.05) is 4.88 Å². The number of rotatable bonds is 1. The molecule has 3 nitrogen and oxygen atoms in total. The number of hydrogen-bond donors (Lipinski definition) is 1. The number of nitrogens with two attached hydrogens (primary N) is 1. The second kappa shape index (κ2) is 4.64. The quantitative estimate of drug-likeness (QED) is 0.730. The molecule has 1 aliphatic rings. The first-order valence-electron chi connectivity index (χ1n) is 6.67. The maximum absolute atomic E-state index is 14.1. The molecule has 0 radical (unpaired) electrons. The zero-order valence-electron chi connectivity index (χ0n) is 11.0. The summed E-state index contributed by atoms with van der Waals surface area (Å²) in [5, 5.41) is 1.00. The first kappa shape index (κ1) is 13.0. The Labute approximate surface area is 129 Å². The third-order valence-corrected chi connectivity index (χ3v) is 5.26. The van der Waals surface area contributed by atoms with E-state index in [1.165, 1.54) is 16.5 Å². The maximum Gasteiger partial charge on any atom is 0.166 e. The van der Waals surface area contributed by atoms with Crippen molar-refractivity contribution < 1.29 is 4.39 Å². The molecular weight excluding hydrogens is 309 g/mol. The fourth-order valence-electron chi connectivity index (χ4n) is 2.82. The van der Waals surface area contributed by atoms with Gasteiger partial charge in [-0.3, -0.25) is 0 Å². The smallest absolute Gasteiger partial charge is 0.166 e. The van der Waals surface area contributed by atoms with Gasteiger partial charge in [0.05, 0.1) is 16.0 Å². The van der Waals surface area contributed by atoms with Gasteiger partial charge in [-0.1, -0.05) is 17.7 Å². The molecule has 21 heavy (non-hydrogen) atoms. The lowest BCUT2D eigenvalue weighted by molar-refractivity contribution is 0.630. The van der Waals surface area contributed by atoms with Crippen LogP contribution in [0.25, 0.3) is 21.6 Å². The summed E-state index contributed by atoms with van der Waals surface area (Å²) >= 11 is 7.46. The van der Waals surface area contributed by atoms with E-state index in [1.54, 1.807) is 23.5 Å². The Balaban J connectivity index is 1.97. The Hall–Kier alpha value is -1.72. The van der Waals surface area contributed by atoms with E-state index < -0.39 is 5.82 Å². The monoisotopic (exact) mass is 319 g/mol. The van der Waals surface area contributed by atoms with Gasteiger partial charge in [0.15, 0.2) is 11.6 Å². The van der Waals surface area contributed by atoms with Crippen molar-refractivity contribution in [2.75, 3.05) is 5.73 Å². The van der Waals surface area contributed by atoms with E-state index in [0.717, 1.165) is 29.5 Å². The molecule has 3 aromatic rings. The van der Waals surface area contributed by atoms with Crippen molar-refractivity contribution in [3.63, 3.8) is 0 Å². The van der Waals surface area contributed by atoms with Crippen LogP contribution in [0.3, 0.4) is 0 Å². The Morgan fingerprint density at radius 1 is 1.24 bits per heavy atom. The van der Waals surface area contributed by atoms with Gasteiger partial charge < -0.3 is 5.73 Å². The molecule has 106 valence electrons. The minimum absolute atomic E-state index is 0.0587. The minimum Gasteiger partial charge on any atom is -0.383 e. The third kappa shape index (κ3) is 1.92. The Kier molecular flexibility index (Phi) is 2.87. The summed E-state index contributed by atoms with van der Waals surface area (Å²) in [4.78, 5) is 11.0. The van der Waals surface area contributed by atoms with Crippen LogP contribution in [-0.4, -0.2) is 9.97 Å². The van der Waals surface area contributed by atoms with Crippen molar-refractivity contribution in [2.45, 2.75) is 19.3 Å². The normalized spacial score (nSPS) is 13.8. The molecule has 0 spiro atoms. The lowest BCUT2D eigenvalue weighted by Crippen LogP contribution is -1.99. The van der Waals surface area contributed by atoms with Crippen LogP contribution in [0.15, 0.2) is 18.2 Å². The second-order valence-corrected chi connectivity index (χ2v) is 6.56. The number of halogens is 2. The van der Waals surface area contributed by atoms with E-state index in [2.05, 4.69) is 9.97 Å². The summed E-state index contributed by atoms with van der Waals surface area (Å²) in [6.45, 7) is 0. The highest BCUT2D eigenvalue weighted by Gasteiger charge is 2.22. The largest absolute Gasteiger partial charge is 0.383 e. The highest BCUT2D eigenvalue weighted by atomic mass is 35.5. The van der Waals surface area contributed by atoms with Crippen LogP contribution >= 0.6 is 22.9 Å². The highest BCUT2D eigenvalue weighted by Crippen LogP contribution is 2.39. The summed E-state index contributed by atoms with van der Waals surface area (Å²) in [6.07, 6.45) is 3.24. The average molecular weight is 320 g/mol. The average Bonchev–Trinajstić information content (AvgIpc) is 3.01. The van der Waals surface area contributed by atoms with Crippen LogP contribution in [-0.2, 0) is 12.8 Å². The van der Waals surface area contributed by atoms with Crippen molar-refractivity contribution in [3.05, 3.63) is 39.5 Å². The van der Waals surface area contributed by atoms with Gasteiger partial charge in [0.1, 0.15) is 10.6 Å². The highest BCUT2D eigenvalue weighted by molar-refractivity contribution is 7.19. The molecule has 1 aromatic carbocycles. The Morgan fingerprint density at radius 3 is 2.95 bits per heavy atom. The zero-order valence-corrected chi connectivity index (χ0v) is 12.6. The summed E-state index contributed by atoms with van der Waals surface area (Å²) in [6, 6.07) is 4.80. The number of nitrogens with zero attached hydrogens (tertiary/aromatic N) is 2. The number of thiophene rings is 1. The molecule has 0 saturated carbocycles. The third-order valence-electron chi connectivity index (χ3n) is 3.79. The summed E-state index contributed by atoms with van der Waals surface area (Å²) in [7, 11) is 0. The van der Waals surface area contributed by atoms with Crippen molar-refractivity contribution in [2.24, 2.45) is 0 Å². The van der Waals surface area contributed by atoms with Crippen LogP contribution in [0.4, 0.5) is 10.2 Å². The van der Waals surface area contributed by atoms with Crippen molar-refractivity contribution >= 4 is 39.0 Å². The first-order valence-corrected chi connectivity index (χ1v) is 7.86.